The molecule has 5 rings (SSSR count). The summed E-state index contributed by atoms with van der Waals surface area (Å²) in [4.78, 5) is 22.7. The fourth-order valence-electron chi connectivity index (χ4n) is 4.09. The van der Waals surface area contributed by atoms with Crippen molar-refractivity contribution in [1.29, 1.82) is 0 Å². The summed E-state index contributed by atoms with van der Waals surface area (Å²) in [5.74, 6) is 0.137. The predicted molar refractivity (Wildman–Crippen MR) is 126 cm³/mol. The quantitative estimate of drug-likeness (QED) is 0.407. The van der Waals surface area contributed by atoms with Gasteiger partial charge in [-0.3, -0.25) is 9.97 Å². The SMILES string of the molecule is O=C(O)c1ccccc1-c1ccc([C@H]2[C@@H](c3ccccn3)NC(=S)N2Cc2ccccn2)o1. The van der Waals surface area contributed by atoms with Gasteiger partial charge in [-0.15, -0.1) is 0 Å². The van der Waals surface area contributed by atoms with E-state index in [9.17, 15) is 9.90 Å². The molecule has 8 heteroatoms. The zero-order valence-electron chi connectivity index (χ0n) is 17.5. The molecule has 1 aliphatic rings. The highest BCUT2D eigenvalue weighted by molar-refractivity contribution is 7.80. The molecule has 0 unspecified atom stereocenters. The van der Waals surface area contributed by atoms with E-state index in [4.69, 9.17) is 16.6 Å². The van der Waals surface area contributed by atoms with Gasteiger partial charge in [0, 0.05) is 18.0 Å². The Morgan fingerprint density at radius 1 is 1.00 bits per heavy atom. The molecule has 1 saturated heterocycles. The second-order valence-corrected chi connectivity index (χ2v) is 8.02. The molecule has 4 aromatic rings. The standard InChI is InChI=1S/C25H20N4O3S/c30-24(31)18-9-2-1-8-17(18)20-11-12-21(32-20)23-22(19-10-4-6-14-27-19)28-25(33)29(23)15-16-7-3-5-13-26-16/h1-14,22-23H,15H2,(H,28,33)(H,30,31)/t22-,23+/m1/s1. The van der Waals surface area contributed by atoms with Gasteiger partial charge in [-0.1, -0.05) is 30.3 Å². The highest BCUT2D eigenvalue weighted by Crippen LogP contribution is 2.41. The Hall–Kier alpha value is -4.04. The number of carbonyl (C=O) groups is 1. The fraction of sp³-hybridized carbons (Fsp3) is 0.120. The number of aromatic nitrogens is 2. The Morgan fingerprint density at radius 3 is 2.48 bits per heavy atom. The number of carboxylic acids is 1. The highest BCUT2D eigenvalue weighted by Gasteiger charge is 2.42. The summed E-state index contributed by atoms with van der Waals surface area (Å²) >= 11 is 5.69. The van der Waals surface area contributed by atoms with Gasteiger partial charge in [0.15, 0.2) is 5.11 Å². The smallest absolute Gasteiger partial charge is 0.336 e. The lowest BCUT2D eigenvalue weighted by Gasteiger charge is -2.25. The summed E-state index contributed by atoms with van der Waals surface area (Å²) in [5.41, 5.74) is 2.41. The van der Waals surface area contributed by atoms with E-state index in [0.717, 1.165) is 11.4 Å². The third-order valence-electron chi connectivity index (χ3n) is 5.60. The first kappa shape index (κ1) is 20.8. The number of furan rings is 1. The fourth-order valence-corrected chi connectivity index (χ4v) is 4.40. The van der Waals surface area contributed by atoms with Crippen molar-refractivity contribution >= 4 is 23.3 Å². The lowest BCUT2D eigenvalue weighted by Crippen LogP contribution is -2.29. The van der Waals surface area contributed by atoms with Crippen LogP contribution in [0, 0.1) is 0 Å². The van der Waals surface area contributed by atoms with E-state index >= 15 is 0 Å². The zero-order valence-corrected chi connectivity index (χ0v) is 18.3. The van der Waals surface area contributed by atoms with Crippen molar-refractivity contribution in [1.82, 2.24) is 20.2 Å². The molecule has 0 radical (unpaired) electrons. The molecule has 164 valence electrons. The molecule has 2 atom stereocenters. The van der Waals surface area contributed by atoms with Crippen molar-refractivity contribution in [2.75, 3.05) is 0 Å². The molecular formula is C25H20N4O3S. The second-order valence-electron chi connectivity index (χ2n) is 7.63. The van der Waals surface area contributed by atoms with Crippen molar-refractivity contribution in [3.05, 3.63) is 108 Å². The van der Waals surface area contributed by atoms with Gasteiger partial charge in [-0.05, 0) is 54.7 Å². The Bertz CT molecular complexity index is 1290. The van der Waals surface area contributed by atoms with E-state index in [0.29, 0.717) is 28.7 Å². The summed E-state index contributed by atoms with van der Waals surface area (Å²) in [7, 11) is 0. The van der Waals surface area contributed by atoms with E-state index in [1.54, 1.807) is 42.7 Å². The van der Waals surface area contributed by atoms with Gasteiger partial charge in [-0.25, -0.2) is 4.79 Å². The monoisotopic (exact) mass is 456 g/mol. The molecule has 33 heavy (non-hydrogen) atoms. The van der Waals surface area contributed by atoms with E-state index in [1.165, 1.54) is 0 Å². The van der Waals surface area contributed by atoms with Gasteiger partial charge in [0.05, 0.1) is 29.5 Å². The first-order valence-electron chi connectivity index (χ1n) is 10.4. The van der Waals surface area contributed by atoms with Gasteiger partial charge >= 0.3 is 5.97 Å². The Balaban J connectivity index is 1.56. The Kier molecular flexibility index (Phi) is 5.58. The third-order valence-corrected chi connectivity index (χ3v) is 5.95. The molecule has 2 N–H and O–H groups in total. The Labute approximate surface area is 195 Å². The third kappa shape index (κ3) is 4.08. The molecule has 1 aliphatic heterocycles. The van der Waals surface area contributed by atoms with Crippen LogP contribution in [0.15, 0.2) is 89.6 Å². The van der Waals surface area contributed by atoms with Crippen LogP contribution in [0.5, 0.6) is 0 Å². The molecule has 4 heterocycles. The summed E-state index contributed by atoms with van der Waals surface area (Å²) in [6.45, 7) is 0.489. The van der Waals surface area contributed by atoms with E-state index in [2.05, 4.69) is 15.3 Å². The normalized spacial score (nSPS) is 17.7. The predicted octanol–water partition coefficient (Wildman–Crippen LogP) is 4.61. The van der Waals surface area contributed by atoms with Crippen molar-refractivity contribution in [2.45, 2.75) is 18.6 Å². The largest absolute Gasteiger partial charge is 0.478 e. The van der Waals surface area contributed by atoms with Crippen LogP contribution in [0.3, 0.4) is 0 Å². The number of pyridine rings is 2. The van der Waals surface area contributed by atoms with Crippen molar-refractivity contribution in [3.63, 3.8) is 0 Å². The number of rotatable bonds is 6. The average molecular weight is 457 g/mol. The minimum absolute atomic E-state index is 0.185. The van der Waals surface area contributed by atoms with Gasteiger partial charge in [0.25, 0.3) is 0 Å². The highest BCUT2D eigenvalue weighted by atomic mass is 32.1. The first-order chi connectivity index (χ1) is 16.1. The maximum atomic E-state index is 11.7. The molecule has 1 fully saturated rings. The van der Waals surface area contributed by atoms with Crippen LogP contribution < -0.4 is 5.32 Å². The maximum Gasteiger partial charge on any atom is 0.336 e. The van der Waals surface area contributed by atoms with E-state index < -0.39 is 5.97 Å². The number of hydrogen-bond acceptors (Lipinski definition) is 5. The number of aromatic carboxylic acids is 1. The van der Waals surface area contributed by atoms with Crippen molar-refractivity contribution < 1.29 is 14.3 Å². The van der Waals surface area contributed by atoms with Crippen molar-refractivity contribution in [2.24, 2.45) is 0 Å². The molecule has 0 spiro atoms. The van der Waals surface area contributed by atoms with Gasteiger partial charge in [-0.2, -0.15) is 0 Å². The number of carboxylic acid groups (broad SMARTS) is 1. The second kappa shape index (κ2) is 8.84. The van der Waals surface area contributed by atoms with E-state index in [-0.39, 0.29) is 17.6 Å². The minimum Gasteiger partial charge on any atom is -0.478 e. The zero-order chi connectivity index (χ0) is 22.8. The maximum absolute atomic E-state index is 11.7. The van der Waals surface area contributed by atoms with Gasteiger partial charge < -0.3 is 19.7 Å². The van der Waals surface area contributed by atoms with Crippen LogP contribution in [0.4, 0.5) is 0 Å². The first-order valence-corrected chi connectivity index (χ1v) is 10.8. The number of thiocarbonyl (C=S) groups is 1. The van der Waals surface area contributed by atoms with Crippen LogP contribution in [0.1, 0.15) is 39.6 Å². The number of nitrogens with one attached hydrogen (secondary N) is 1. The average Bonchev–Trinajstić information content (AvgIpc) is 3.45. The van der Waals surface area contributed by atoms with Crippen LogP contribution in [0.2, 0.25) is 0 Å². The number of benzene rings is 1. The Morgan fingerprint density at radius 2 is 1.76 bits per heavy atom. The summed E-state index contributed by atoms with van der Waals surface area (Å²) in [6.07, 6.45) is 3.50. The summed E-state index contributed by atoms with van der Waals surface area (Å²) < 4.78 is 6.26. The van der Waals surface area contributed by atoms with Crippen LogP contribution in [-0.4, -0.2) is 31.1 Å². The molecule has 1 aromatic carbocycles. The number of hydrogen-bond donors (Lipinski definition) is 2. The molecule has 0 amide bonds. The van der Waals surface area contributed by atoms with Crippen molar-refractivity contribution in [3.8, 4) is 11.3 Å². The van der Waals surface area contributed by atoms with Gasteiger partial charge in [0.1, 0.15) is 17.6 Å². The molecular weight excluding hydrogens is 436 g/mol. The lowest BCUT2D eigenvalue weighted by atomic mass is 10.0. The van der Waals surface area contributed by atoms with Crippen LogP contribution >= 0.6 is 12.2 Å². The molecule has 0 aliphatic carbocycles. The van der Waals surface area contributed by atoms with E-state index in [1.807, 2.05) is 47.4 Å². The minimum atomic E-state index is -1.00. The molecule has 0 saturated carbocycles. The lowest BCUT2D eigenvalue weighted by molar-refractivity contribution is 0.0697. The van der Waals surface area contributed by atoms with Crippen LogP contribution in [-0.2, 0) is 6.54 Å². The molecule has 7 nitrogen and oxygen atoms in total. The summed E-state index contributed by atoms with van der Waals surface area (Å²) in [5, 5.41) is 13.5. The molecule has 0 bridgehead atoms. The summed E-state index contributed by atoms with van der Waals surface area (Å²) in [6, 6.07) is 21.4. The van der Waals surface area contributed by atoms with Crippen LogP contribution in [0.25, 0.3) is 11.3 Å². The number of nitrogens with zero attached hydrogens (tertiary/aromatic N) is 3. The molecule has 3 aromatic heterocycles. The van der Waals surface area contributed by atoms with Gasteiger partial charge in [0.2, 0.25) is 0 Å². The topological polar surface area (TPSA) is 91.5 Å².